The van der Waals surface area contributed by atoms with Gasteiger partial charge in [0.25, 0.3) is 0 Å². The van der Waals surface area contributed by atoms with Crippen molar-refractivity contribution in [1.82, 2.24) is 4.90 Å². The fourth-order valence-electron chi connectivity index (χ4n) is 7.05. The van der Waals surface area contributed by atoms with Gasteiger partial charge in [-0.3, -0.25) is 9.59 Å². The van der Waals surface area contributed by atoms with E-state index in [9.17, 15) is 60.7 Å². The minimum atomic E-state index is -1.87. The van der Waals surface area contributed by atoms with Crippen molar-refractivity contribution >= 4 is 11.6 Å². The number of ether oxygens (including phenoxy) is 6. The van der Waals surface area contributed by atoms with Gasteiger partial charge in [0.1, 0.15) is 84.8 Å². The molecule has 0 spiro atoms. The predicted molar refractivity (Wildman–Crippen MR) is 207 cm³/mol. The van der Waals surface area contributed by atoms with Gasteiger partial charge in [0.15, 0.2) is 18.9 Å². The second kappa shape index (κ2) is 23.9. The summed E-state index contributed by atoms with van der Waals surface area (Å²) >= 11 is 0. The summed E-state index contributed by atoms with van der Waals surface area (Å²) in [6.07, 6.45) is -18.8. The first kappa shape index (κ1) is 52.0. The summed E-state index contributed by atoms with van der Waals surface area (Å²) in [5.41, 5.74) is -0.799. The van der Waals surface area contributed by atoms with Crippen LogP contribution < -0.4 is 0 Å². The molecular formula is C40H73NO18. The topological polar surface area (TPSA) is 295 Å². The second-order valence-corrected chi connectivity index (χ2v) is 18.0. The molecule has 15 atom stereocenters. The molecule has 3 aliphatic rings. The molecule has 0 aliphatic carbocycles. The lowest BCUT2D eigenvalue weighted by Crippen LogP contribution is -2.65. The summed E-state index contributed by atoms with van der Waals surface area (Å²) in [6.45, 7) is 11.1. The molecule has 10 N–H and O–H groups in total. The van der Waals surface area contributed by atoms with Crippen LogP contribution in [0.1, 0.15) is 92.9 Å². The lowest BCUT2D eigenvalue weighted by Gasteiger charge is -2.46. The molecule has 59 heavy (non-hydrogen) atoms. The second-order valence-electron chi connectivity index (χ2n) is 18.0. The van der Waals surface area contributed by atoms with E-state index in [-0.39, 0.29) is 18.2 Å². The van der Waals surface area contributed by atoms with Crippen molar-refractivity contribution in [2.75, 3.05) is 46.1 Å². The molecular weight excluding hydrogens is 782 g/mol. The monoisotopic (exact) mass is 855 g/mol. The van der Waals surface area contributed by atoms with Crippen molar-refractivity contribution in [1.29, 1.82) is 0 Å². The molecule has 3 saturated heterocycles. The van der Waals surface area contributed by atoms with Crippen LogP contribution in [0, 0.1) is 10.8 Å². The van der Waals surface area contributed by atoms with Crippen LogP contribution in [0.5, 0.6) is 0 Å². The van der Waals surface area contributed by atoms with E-state index in [2.05, 4.69) is 4.90 Å². The molecule has 3 fully saturated rings. The van der Waals surface area contributed by atoms with E-state index in [1.807, 2.05) is 41.5 Å². The average molecular weight is 856 g/mol. The molecule has 0 saturated carbocycles. The molecule has 0 aromatic rings. The zero-order chi connectivity index (χ0) is 44.2. The number of Topliss-reactive ketones (excluding diaryl/α,β-unsaturated/α-hetero) is 2. The fourth-order valence-corrected chi connectivity index (χ4v) is 7.05. The Morgan fingerprint density at radius 1 is 0.508 bits per heavy atom. The Morgan fingerprint density at radius 2 is 0.949 bits per heavy atom. The first-order chi connectivity index (χ1) is 27.6. The van der Waals surface area contributed by atoms with Gasteiger partial charge in [-0.15, -0.1) is 0 Å². The van der Waals surface area contributed by atoms with Crippen LogP contribution in [0.4, 0.5) is 0 Å². The molecule has 19 heteroatoms. The van der Waals surface area contributed by atoms with E-state index < -0.39 is 123 Å². The summed E-state index contributed by atoms with van der Waals surface area (Å²) < 4.78 is 34.3. The van der Waals surface area contributed by atoms with E-state index >= 15 is 0 Å². The molecule has 346 valence electrons. The van der Waals surface area contributed by atoms with Gasteiger partial charge in [-0.25, -0.2) is 0 Å². The van der Waals surface area contributed by atoms with Crippen molar-refractivity contribution < 1.29 is 89.1 Å². The van der Waals surface area contributed by atoms with Crippen LogP contribution in [-0.2, 0) is 38.0 Å². The number of unbranched alkanes of at least 4 members (excludes halogenated alkanes) is 4. The lowest BCUT2D eigenvalue weighted by molar-refractivity contribution is -0.366. The van der Waals surface area contributed by atoms with Gasteiger partial charge in [0.2, 0.25) is 0 Å². The predicted octanol–water partition coefficient (Wildman–Crippen LogP) is -1.90. The Labute approximate surface area is 347 Å². The molecule has 0 radical (unpaired) electrons. The summed E-state index contributed by atoms with van der Waals surface area (Å²) in [5.74, 6) is 0.406. The molecule has 19 nitrogen and oxygen atoms in total. The summed E-state index contributed by atoms with van der Waals surface area (Å²) in [4.78, 5) is 27.0. The van der Waals surface area contributed by atoms with Gasteiger partial charge in [-0.1, -0.05) is 54.4 Å². The first-order valence-electron chi connectivity index (χ1n) is 20.9. The van der Waals surface area contributed by atoms with E-state index in [0.717, 1.165) is 38.5 Å². The van der Waals surface area contributed by atoms with E-state index in [1.165, 1.54) is 0 Å². The van der Waals surface area contributed by atoms with Crippen LogP contribution in [0.25, 0.3) is 0 Å². The van der Waals surface area contributed by atoms with Gasteiger partial charge >= 0.3 is 0 Å². The quantitative estimate of drug-likeness (QED) is 0.0503. The maximum absolute atomic E-state index is 12.4. The van der Waals surface area contributed by atoms with E-state index in [0.29, 0.717) is 32.5 Å². The standard InChI is InChI=1S/C40H73NO18/c1-39(2,3)25(44)13-9-7-11-15-41(16-12-8-10-14-26(45)40(4,5)6)17-18-54-37-34(53)35(59-38-33(52)31(50)28(47)23(20-43)57-38)29(48)24(58-37)21-55-36-32(51)30(49)27(46)22(19-42)56-36/h22-24,27-38,42-43,46-53H,7-21H2,1-6H3/t22-,23-,24-,27-,28-,29-,30+,31+,32+,33+,34+,35+,36+,37+,38-/m1/s1. The molecule has 3 aliphatic heterocycles. The Bertz CT molecular complexity index is 1210. The number of nitrogens with zero attached hydrogens (tertiary/aromatic N) is 1. The lowest BCUT2D eigenvalue weighted by atomic mass is 9.88. The van der Waals surface area contributed by atoms with Crippen molar-refractivity contribution in [3.63, 3.8) is 0 Å². The number of hydrogen-bond donors (Lipinski definition) is 10. The number of carbonyl (C=O) groups excluding carboxylic acids is 2. The zero-order valence-corrected chi connectivity index (χ0v) is 35.5. The summed E-state index contributed by atoms with van der Waals surface area (Å²) in [7, 11) is 0. The SMILES string of the molecule is CC(C)(C)C(=O)CCCCCN(CCCCCC(=O)C(C)(C)C)CCO[C@H]1O[C@H](CO[C@H]2O[C@H](CO)[C@@H](O)[C@H](O)[C@@H]2O)[C@@H](O)[C@H](O[C@H]2O[C@H](CO)[C@@H](O)[C@H](O)[C@@H]2O)[C@@H]1O. The Kier molecular flexibility index (Phi) is 21.1. The fraction of sp³-hybridized carbons (Fsp3) is 0.950. The van der Waals surface area contributed by atoms with Crippen molar-refractivity contribution in [2.24, 2.45) is 10.8 Å². The average Bonchev–Trinajstić information content (AvgIpc) is 3.17. The molecule has 0 unspecified atom stereocenters. The highest BCUT2D eigenvalue weighted by Crippen LogP contribution is 2.31. The number of aliphatic hydroxyl groups excluding tert-OH is 10. The number of aliphatic hydroxyl groups is 10. The van der Waals surface area contributed by atoms with Gasteiger partial charge in [0, 0.05) is 30.2 Å². The third-order valence-electron chi connectivity index (χ3n) is 11.2. The molecule has 0 aromatic carbocycles. The molecule has 0 bridgehead atoms. The minimum absolute atomic E-state index is 0.00982. The van der Waals surface area contributed by atoms with Crippen LogP contribution in [-0.4, -0.2) is 206 Å². The maximum Gasteiger partial charge on any atom is 0.187 e. The largest absolute Gasteiger partial charge is 0.394 e. The number of ketones is 2. The Hall–Kier alpha value is -1.34. The first-order valence-corrected chi connectivity index (χ1v) is 20.9. The summed E-state index contributed by atoms with van der Waals surface area (Å²) in [5, 5.41) is 104. The van der Waals surface area contributed by atoms with Crippen LogP contribution in [0.15, 0.2) is 0 Å². The number of carbonyl (C=O) groups is 2. The Balaban J connectivity index is 1.71. The van der Waals surface area contributed by atoms with Crippen LogP contribution in [0.2, 0.25) is 0 Å². The summed E-state index contributed by atoms with van der Waals surface area (Å²) in [6, 6.07) is 0. The third-order valence-corrected chi connectivity index (χ3v) is 11.2. The highest BCUT2D eigenvalue weighted by Gasteiger charge is 2.52. The maximum atomic E-state index is 12.4. The normalized spacial score (nSPS) is 35.9. The van der Waals surface area contributed by atoms with E-state index in [4.69, 9.17) is 28.4 Å². The van der Waals surface area contributed by atoms with Crippen LogP contribution in [0.3, 0.4) is 0 Å². The highest BCUT2D eigenvalue weighted by atomic mass is 16.7. The van der Waals surface area contributed by atoms with Crippen molar-refractivity contribution in [3.05, 3.63) is 0 Å². The van der Waals surface area contributed by atoms with Gasteiger partial charge in [-0.2, -0.15) is 0 Å². The molecule has 3 rings (SSSR count). The minimum Gasteiger partial charge on any atom is -0.394 e. The van der Waals surface area contributed by atoms with Gasteiger partial charge < -0.3 is 84.4 Å². The van der Waals surface area contributed by atoms with Crippen molar-refractivity contribution in [2.45, 2.75) is 185 Å². The highest BCUT2D eigenvalue weighted by molar-refractivity contribution is 5.83. The Morgan fingerprint density at radius 3 is 1.42 bits per heavy atom. The number of hydrogen-bond acceptors (Lipinski definition) is 19. The third kappa shape index (κ3) is 15.2. The number of rotatable bonds is 23. The molecule has 3 heterocycles. The molecule has 0 aromatic heterocycles. The molecule has 0 amide bonds. The van der Waals surface area contributed by atoms with Crippen LogP contribution >= 0.6 is 0 Å². The van der Waals surface area contributed by atoms with Gasteiger partial charge in [0.05, 0.1) is 26.4 Å². The van der Waals surface area contributed by atoms with Crippen molar-refractivity contribution in [3.8, 4) is 0 Å². The van der Waals surface area contributed by atoms with Gasteiger partial charge in [-0.05, 0) is 38.8 Å². The smallest absolute Gasteiger partial charge is 0.187 e. The van der Waals surface area contributed by atoms with E-state index in [1.54, 1.807) is 0 Å². The zero-order valence-electron chi connectivity index (χ0n) is 35.5.